The molecule has 3 atom stereocenters. The van der Waals surface area contributed by atoms with Crippen molar-refractivity contribution in [1.82, 2.24) is 14.8 Å². The molecule has 1 N–H and O–H groups in total. The van der Waals surface area contributed by atoms with E-state index < -0.39 is 22.5 Å². The molecule has 3 aliphatic rings. The van der Waals surface area contributed by atoms with Crippen molar-refractivity contribution in [3.05, 3.63) is 106 Å². The summed E-state index contributed by atoms with van der Waals surface area (Å²) in [6.45, 7) is 6.86. The van der Waals surface area contributed by atoms with Gasteiger partial charge in [-0.15, -0.1) is 11.6 Å². The Labute approximate surface area is 322 Å². The molecule has 9 nitrogen and oxygen atoms in total. The van der Waals surface area contributed by atoms with Crippen LogP contribution >= 0.6 is 23.2 Å². The predicted molar refractivity (Wildman–Crippen MR) is 207 cm³/mol. The normalized spacial score (nSPS) is 23.6. The van der Waals surface area contributed by atoms with Crippen molar-refractivity contribution in [3.8, 4) is 17.6 Å². The number of hydrogen-bond donors (Lipinski definition) is 1. The lowest BCUT2D eigenvalue weighted by atomic mass is 9.76. The second kappa shape index (κ2) is 17.9. The minimum atomic E-state index is -1.05. The average molecular weight is 760 g/mol. The number of nitrogens with zero attached hydrogens (tertiary/aromatic N) is 4. The maximum Gasteiger partial charge on any atom is 0.320 e. The van der Waals surface area contributed by atoms with Gasteiger partial charge in [-0.25, -0.2) is 0 Å². The van der Waals surface area contributed by atoms with Crippen LogP contribution in [0.15, 0.2) is 79.2 Å². The van der Waals surface area contributed by atoms with E-state index in [0.29, 0.717) is 48.2 Å². The Morgan fingerprint density at radius 2 is 1.83 bits per heavy atom. The van der Waals surface area contributed by atoms with E-state index in [2.05, 4.69) is 16.0 Å². The van der Waals surface area contributed by atoms with E-state index in [-0.39, 0.29) is 13.2 Å². The van der Waals surface area contributed by atoms with Crippen LogP contribution in [0.25, 0.3) is 5.57 Å². The van der Waals surface area contributed by atoms with Gasteiger partial charge in [0, 0.05) is 49.3 Å². The number of nitriles is 1. The van der Waals surface area contributed by atoms with Gasteiger partial charge in [-0.05, 0) is 88.0 Å². The van der Waals surface area contributed by atoms with E-state index in [1.54, 1.807) is 24.4 Å². The number of allylic oxidation sites excluding steroid dienone is 2. The first-order valence-electron chi connectivity index (χ1n) is 18.6. The second-order valence-electron chi connectivity index (χ2n) is 14.3. The molecule has 1 aliphatic carbocycles. The second-order valence-corrected chi connectivity index (χ2v) is 15.4. The zero-order valence-corrected chi connectivity index (χ0v) is 31.8. The number of rotatable bonds is 15. The van der Waals surface area contributed by atoms with Crippen molar-refractivity contribution in [1.29, 1.82) is 5.26 Å². The summed E-state index contributed by atoms with van der Waals surface area (Å²) in [4.78, 5) is 19.8. The Morgan fingerprint density at radius 3 is 2.60 bits per heavy atom. The van der Waals surface area contributed by atoms with Crippen LogP contribution in [0, 0.1) is 11.3 Å². The highest BCUT2D eigenvalue weighted by atomic mass is 35.5. The van der Waals surface area contributed by atoms with Crippen molar-refractivity contribution >= 4 is 34.7 Å². The largest absolute Gasteiger partial charge is 0.488 e. The van der Waals surface area contributed by atoms with Gasteiger partial charge in [0.1, 0.15) is 47.3 Å². The van der Waals surface area contributed by atoms with Gasteiger partial charge in [-0.3, -0.25) is 14.7 Å². The van der Waals surface area contributed by atoms with E-state index in [0.717, 1.165) is 61.2 Å². The van der Waals surface area contributed by atoms with Gasteiger partial charge in [-0.1, -0.05) is 66.9 Å². The number of alkyl halides is 1. The third kappa shape index (κ3) is 9.43. The molecule has 280 valence electrons. The van der Waals surface area contributed by atoms with Gasteiger partial charge in [0.2, 0.25) is 0 Å². The molecule has 1 aromatic heterocycles. The molecule has 2 saturated heterocycles. The quantitative estimate of drug-likeness (QED) is 0.121. The third-order valence-corrected chi connectivity index (χ3v) is 11.4. The van der Waals surface area contributed by atoms with Crippen LogP contribution in [-0.2, 0) is 22.7 Å². The first-order valence-corrected chi connectivity index (χ1v) is 19.3. The summed E-state index contributed by atoms with van der Waals surface area (Å²) in [6, 6.07) is 16.9. The molecule has 2 fully saturated rings. The number of likely N-dealkylation sites (tertiary alicyclic amines) is 2. The lowest BCUT2D eigenvalue weighted by Gasteiger charge is -2.45. The highest BCUT2D eigenvalue weighted by Crippen LogP contribution is 2.48. The molecule has 0 amide bonds. The number of aliphatic carboxylic acids is 1. The maximum absolute atomic E-state index is 12.2. The summed E-state index contributed by atoms with van der Waals surface area (Å²) in [5.41, 5.74) is 2.76. The Bertz CT molecular complexity index is 1820. The highest BCUT2D eigenvalue weighted by Gasteiger charge is 2.51. The van der Waals surface area contributed by atoms with E-state index in [1.807, 2.05) is 60.4 Å². The van der Waals surface area contributed by atoms with Crippen LogP contribution in [0.5, 0.6) is 11.5 Å². The molecule has 11 heteroatoms. The molecule has 2 aliphatic heterocycles. The van der Waals surface area contributed by atoms with Crippen molar-refractivity contribution in [2.75, 3.05) is 39.4 Å². The number of pyridine rings is 1. The van der Waals surface area contributed by atoms with Crippen LogP contribution in [0.4, 0.5) is 0 Å². The van der Waals surface area contributed by atoms with E-state index in [4.69, 9.17) is 37.4 Å². The molecule has 0 radical (unpaired) electrons. The SMILES string of the molecule is CC1(Cl)C(c2ccccc2)=CC=CC1(COc1cc(OCc2cncc(C#N)c2)c(CN2CCCC[C@H]2C(=O)O)cc1Cl)OCCCN1CCCCC1. The minimum absolute atomic E-state index is 0.0667. The summed E-state index contributed by atoms with van der Waals surface area (Å²) in [6.07, 6.45) is 16.1. The number of halogens is 2. The Balaban J connectivity index is 1.28. The summed E-state index contributed by atoms with van der Waals surface area (Å²) in [5.74, 6) is 0.0406. The topological polar surface area (TPSA) is 108 Å². The minimum Gasteiger partial charge on any atom is -0.488 e. The molecule has 2 aromatic carbocycles. The molecule has 0 saturated carbocycles. The molecule has 0 spiro atoms. The summed E-state index contributed by atoms with van der Waals surface area (Å²) < 4.78 is 19.8. The number of benzene rings is 2. The number of piperidine rings is 2. The van der Waals surface area contributed by atoms with Gasteiger partial charge in [0.05, 0.1) is 10.6 Å². The van der Waals surface area contributed by atoms with Crippen molar-refractivity contribution in [2.24, 2.45) is 0 Å². The lowest BCUT2D eigenvalue weighted by molar-refractivity contribution is -0.144. The zero-order chi connectivity index (χ0) is 37.3. The Morgan fingerprint density at radius 1 is 1.04 bits per heavy atom. The number of carbonyl (C=O) groups is 1. The zero-order valence-electron chi connectivity index (χ0n) is 30.3. The van der Waals surface area contributed by atoms with E-state index in [1.165, 1.54) is 25.5 Å². The van der Waals surface area contributed by atoms with Gasteiger partial charge in [0.25, 0.3) is 0 Å². The third-order valence-electron chi connectivity index (χ3n) is 10.6. The van der Waals surface area contributed by atoms with Crippen LogP contribution in [0.3, 0.4) is 0 Å². The smallest absolute Gasteiger partial charge is 0.320 e. The summed E-state index contributed by atoms with van der Waals surface area (Å²) in [5, 5.41) is 19.7. The number of carboxylic acids is 1. The van der Waals surface area contributed by atoms with Gasteiger partial charge in [-0.2, -0.15) is 5.26 Å². The van der Waals surface area contributed by atoms with Gasteiger partial charge >= 0.3 is 5.97 Å². The van der Waals surface area contributed by atoms with Crippen LogP contribution < -0.4 is 9.47 Å². The van der Waals surface area contributed by atoms with Crippen LogP contribution in [0.1, 0.15) is 74.1 Å². The fourth-order valence-corrected chi connectivity index (χ4v) is 8.14. The summed E-state index contributed by atoms with van der Waals surface area (Å²) in [7, 11) is 0. The predicted octanol–water partition coefficient (Wildman–Crippen LogP) is 8.29. The summed E-state index contributed by atoms with van der Waals surface area (Å²) >= 11 is 14.6. The molecule has 3 heterocycles. The monoisotopic (exact) mass is 758 g/mol. The first-order chi connectivity index (χ1) is 25.7. The van der Waals surface area contributed by atoms with Crippen molar-refractivity contribution < 1.29 is 24.1 Å². The van der Waals surface area contributed by atoms with Crippen LogP contribution in [-0.4, -0.2) is 81.8 Å². The van der Waals surface area contributed by atoms with Crippen molar-refractivity contribution in [3.63, 3.8) is 0 Å². The van der Waals surface area contributed by atoms with Gasteiger partial charge in [0.15, 0.2) is 0 Å². The number of ether oxygens (including phenoxy) is 3. The maximum atomic E-state index is 12.2. The molecule has 3 aromatic rings. The number of carboxylic acid groups (broad SMARTS) is 1. The first kappa shape index (κ1) is 38.8. The molecular weight excluding hydrogens is 711 g/mol. The molecule has 53 heavy (non-hydrogen) atoms. The molecule has 0 bridgehead atoms. The van der Waals surface area contributed by atoms with E-state index >= 15 is 0 Å². The van der Waals surface area contributed by atoms with Crippen molar-refractivity contribution in [2.45, 2.75) is 81.5 Å². The number of hydrogen-bond acceptors (Lipinski definition) is 8. The van der Waals surface area contributed by atoms with E-state index in [9.17, 15) is 15.2 Å². The lowest BCUT2D eigenvalue weighted by Crippen LogP contribution is -2.55. The molecule has 6 rings (SSSR count). The highest BCUT2D eigenvalue weighted by molar-refractivity contribution is 6.32. The van der Waals surface area contributed by atoms with Gasteiger partial charge < -0.3 is 24.2 Å². The number of aromatic nitrogens is 1. The Kier molecular flexibility index (Phi) is 13.1. The average Bonchev–Trinajstić information content (AvgIpc) is 3.17. The molecule has 2 unspecified atom stereocenters. The fraction of sp³-hybridized carbons (Fsp3) is 0.452. The standard InChI is InChI=1S/C42H48Cl2N4O5/c1-41(44)35(33-12-4-2-5-13-33)14-10-16-42(41,53-21-11-19-47-17-7-3-8-18-47)30-52-39-24-38(51-29-32-22-31(25-45)26-46-27-32)34(23-36(39)43)28-48-20-9-6-15-37(48)40(49)50/h2,4-5,10,12-14,16,22-24,26-27,37H,3,6-9,11,15,17-21,28-30H2,1H3,(H,49,50)/t37-,41?,42?/m0/s1. The fourth-order valence-electron chi connectivity index (χ4n) is 7.56. The molecular formula is C42H48Cl2N4O5. The Hall–Kier alpha value is -3.91. The van der Waals surface area contributed by atoms with Crippen LogP contribution in [0.2, 0.25) is 5.02 Å².